The molecule has 0 spiro atoms. The maximum absolute atomic E-state index is 9.66. The summed E-state index contributed by atoms with van der Waals surface area (Å²) < 4.78 is 9.87. The lowest BCUT2D eigenvalue weighted by Gasteiger charge is -2.39. The van der Waals surface area contributed by atoms with Crippen molar-refractivity contribution in [1.29, 1.82) is 5.41 Å². The van der Waals surface area contributed by atoms with Crippen LogP contribution >= 0.6 is 11.8 Å². The van der Waals surface area contributed by atoms with E-state index in [9.17, 15) is 15.3 Å². The minimum atomic E-state index is -1.38. The first kappa shape index (κ1) is 14.7. The van der Waals surface area contributed by atoms with Gasteiger partial charge in [-0.15, -0.1) is 11.8 Å². The van der Waals surface area contributed by atoms with E-state index in [1.54, 1.807) is 0 Å². The maximum atomic E-state index is 9.66. The Bertz CT molecular complexity index is 264. The van der Waals surface area contributed by atoms with Crippen molar-refractivity contribution in [3.63, 3.8) is 0 Å². The van der Waals surface area contributed by atoms with Crippen LogP contribution < -0.4 is 0 Å². The monoisotopic (exact) mass is 267 g/mol. The highest BCUT2D eigenvalue weighted by Crippen LogP contribution is 2.28. The quantitative estimate of drug-likeness (QED) is 0.299. The van der Waals surface area contributed by atoms with Gasteiger partial charge in [-0.1, -0.05) is 0 Å². The molecule has 1 aliphatic heterocycles. The summed E-state index contributed by atoms with van der Waals surface area (Å²) in [5.74, 6) is 0.172. The number of aliphatic hydroxyl groups is 4. The molecule has 0 unspecified atom stereocenters. The lowest BCUT2D eigenvalue weighted by molar-refractivity contribution is -0.205. The number of hydrogen-bond acceptors (Lipinski definition) is 8. The Labute approximate surface area is 103 Å². The zero-order valence-corrected chi connectivity index (χ0v) is 10.1. The van der Waals surface area contributed by atoms with E-state index in [0.717, 1.165) is 11.8 Å². The third kappa shape index (κ3) is 3.54. The number of nitrogens with one attached hydrogen (secondary N) is 1. The van der Waals surface area contributed by atoms with Gasteiger partial charge >= 0.3 is 0 Å². The average molecular weight is 267 g/mol. The van der Waals surface area contributed by atoms with Crippen LogP contribution in [-0.4, -0.2) is 75.6 Å². The van der Waals surface area contributed by atoms with E-state index < -0.39 is 36.5 Å². The predicted octanol–water partition coefficient (Wildman–Crippen LogP) is -1.86. The summed E-state index contributed by atoms with van der Waals surface area (Å²) in [4.78, 5) is 0. The molecule has 0 aromatic heterocycles. The molecular formula is C9H17NO6S. The molecule has 8 heteroatoms. The Kier molecular flexibility index (Phi) is 5.63. The summed E-state index contributed by atoms with van der Waals surface area (Å²) in [5, 5.41) is 44.9. The van der Waals surface area contributed by atoms with Crippen LogP contribution in [0.25, 0.3) is 0 Å². The number of rotatable bonds is 4. The van der Waals surface area contributed by atoms with Crippen LogP contribution in [-0.2, 0) is 9.47 Å². The number of methoxy groups -OCH3 is 1. The summed E-state index contributed by atoms with van der Waals surface area (Å²) in [6, 6.07) is 0. The molecule has 7 nitrogen and oxygen atoms in total. The second-order valence-corrected chi connectivity index (χ2v) is 4.72. The van der Waals surface area contributed by atoms with Crippen molar-refractivity contribution in [1.82, 2.24) is 0 Å². The van der Waals surface area contributed by atoms with Crippen LogP contribution in [0.4, 0.5) is 0 Å². The minimum absolute atomic E-state index is 0.00644. The number of aliphatic hydroxyl groups excluding tert-OH is 4. The van der Waals surface area contributed by atoms with E-state index in [2.05, 4.69) is 4.74 Å². The van der Waals surface area contributed by atoms with Gasteiger partial charge in [0.1, 0.15) is 29.9 Å². The van der Waals surface area contributed by atoms with Gasteiger partial charge in [0.05, 0.1) is 19.5 Å². The first-order valence-electron chi connectivity index (χ1n) is 5.04. The molecule has 0 bridgehead atoms. The zero-order chi connectivity index (χ0) is 13.0. The largest absolute Gasteiger partial charge is 0.484 e. The molecule has 0 aromatic carbocycles. The van der Waals surface area contributed by atoms with Crippen molar-refractivity contribution >= 4 is 17.7 Å². The fourth-order valence-electron chi connectivity index (χ4n) is 1.42. The van der Waals surface area contributed by atoms with Gasteiger partial charge in [-0.25, -0.2) is 0 Å². The van der Waals surface area contributed by atoms with Gasteiger partial charge in [-0.2, -0.15) is 0 Å². The fourth-order valence-corrected chi connectivity index (χ4v) is 2.43. The number of ether oxygens (including phenoxy) is 2. The third-order valence-corrected chi connectivity index (χ3v) is 3.62. The summed E-state index contributed by atoms with van der Waals surface area (Å²) >= 11 is 1.06. The van der Waals surface area contributed by atoms with Crippen LogP contribution in [0.3, 0.4) is 0 Å². The minimum Gasteiger partial charge on any atom is -0.484 e. The second-order valence-electron chi connectivity index (χ2n) is 3.64. The van der Waals surface area contributed by atoms with Gasteiger partial charge in [0, 0.05) is 0 Å². The molecule has 0 aliphatic carbocycles. The molecule has 0 saturated carbocycles. The van der Waals surface area contributed by atoms with Crippen molar-refractivity contribution in [2.24, 2.45) is 0 Å². The van der Waals surface area contributed by atoms with E-state index in [1.165, 1.54) is 7.11 Å². The van der Waals surface area contributed by atoms with Gasteiger partial charge in [0.15, 0.2) is 5.90 Å². The van der Waals surface area contributed by atoms with Gasteiger partial charge < -0.3 is 29.9 Å². The van der Waals surface area contributed by atoms with Gasteiger partial charge in [0.2, 0.25) is 0 Å². The van der Waals surface area contributed by atoms with Crippen LogP contribution in [0.1, 0.15) is 0 Å². The first-order valence-corrected chi connectivity index (χ1v) is 6.09. The van der Waals surface area contributed by atoms with Gasteiger partial charge in [-0.3, -0.25) is 5.41 Å². The van der Waals surface area contributed by atoms with E-state index in [4.69, 9.17) is 15.3 Å². The molecule has 5 N–H and O–H groups in total. The van der Waals surface area contributed by atoms with Crippen LogP contribution in [0.2, 0.25) is 0 Å². The molecule has 0 radical (unpaired) electrons. The summed E-state index contributed by atoms with van der Waals surface area (Å²) in [7, 11) is 1.36. The lowest BCUT2D eigenvalue weighted by atomic mass is 10.0. The third-order valence-electron chi connectivity index (χ3n) is 2.47. The van der Waals surface area contributed by atoms with Crippen LogP contribution in [0.15, 0.2) is 0 Å². The number of hydrogen-bond donors (Lipinski definition) is 5. The SMILES string of the molecule is COC(=N)CS[C@@H]1O[C@H](CO)[C@H](O)[C@H](O)[C@H]1O. The summed E-state index contributed by atoms with van der Waals surface area (Å²) in [5.41, 5.74) is -0.818. The number of thioether (sulfide) groups is 1. The van der Waals surface area contributed by atoms with Gasteiger partial charge in [-0.05, 0) is 0 Å². The van der Waals surface area contributed by atoms with E-state index >= 15 is 0 Å². The standard InChI is InChI=1S/C9H17NO6S/c1-15-5(10)3-17-9-8(14)7(13)6(12)4(2-11)16-9/h4,6-14H,2-3H2,1H3/t4-,6+,7+,8-,9+/m1/s1. The summed E-state index contributed by atoms with van der Waals surface area (Å²) in [6.07, 6.45) is -4.92. The Morgan fingerprint density at radius 1 is 1.29 bits per heavy atom. The normalized spacial score (nSPS) is 37.8. The highest BCUT2D eigenvalue weighted by molar-refractivity contribution is 8.00. The van der Waals surface area contributed by atoms with E-state index in [0.29, 0.717) is 0 Å². The molecule has 0 amide bonds. The Hall–Kier alpha value is -0.380. The first-order chi connectivity index (χ1) is 8.01. The highest BCUT2D eigenvalue weighted by atomic mass is 32.2. The lowest BCUT2D eigenvalue weighted by Crippen LogP contribution is -2.57. The molecule has 100 valence electrons. The smallest absolute Gasteiger partial charge is 0.190 e. The Morgan fingerprint density at radius 2 is 1.94 bits per heavy atom. The van der Waals surface area contributed by atoms with E-state index in [-0.39, 0.29) is 11.7 Å². The molecule has 17 heavy (non-hydrogen) atoms. The van der Waals surface area contributed by atoms with Crippen LogP contribution in [0, 0.1) is 5.41 Å². The van der Waals surface area contributed by atoms with Crippen LogP contribution in [0.5, 0.6) is 0 Å². The van der Waals surface area contributed by atoms with E-state index in [1.807, 2.05) is 0 Å². The highest BCUT2D eigenvalue weighted by Gasteiger charge is 2.43. The van der Waals surface area contributed by atoms with Crippen molar-refractivity contribution in [3.8, 4) is 0 Å². The molecule has 1 heterocycles. The summed E-state index contributed by atoms with van der Waals surface area (Å²) in [6.45, 7) is -0.455. The van der Waals surface area contributed by atoms with Crippen molar-refractivity contribution in [3.05, 3.63) is 0 Å². The molecule has 0 aromatic rings. The maximum Gasteiger partial charge on any atom is 0.190 e. The molecular weight excluding hydrogens is 250 g/mol. The molecule has 1 fully saturated rings. The van der Waals surface area contributed by atoms with Gasteiger partial charge in [0.25, 0.3) is 0 Å². The average Bonchev–Trinajstić information content (AvgIpc) is 2.34. The molecule has 1 rings (SSSR count). The molecule has 5 atom stereocenters. The molecule has 1 aliphatic rings. The van der Waals surface area contributed by atoms with Crippen molar-refractivity contribution < 1.29 is 29.9 Å². The topological polar surface area (TPSA) is 123 Å². The molecule has 1 saturated heterocycles. The Morgan fingerprint density at radius 3 is 2.47 bits per heavy atom. The van der Waals surface area contributed by atoms with Crippen molar-refractivity contribution in [2.45, 2.75) is 29.9 Å². The second kappa shape index (κ2) is 6.53. The fraction of sp³-hybridized carbons (Fsp3) is 0.889. The zero-order valence-electron chi connectivity index (χ0n) is 9.31. The van der Waals surface area contributed by atoms with Crippen molar-refractivity contribution in [2.75, 3.05) is 19.5 Å². The Balaban J connectivity index is 2.56. The predicted molar refractivity (Wildman–Crippen MR) is 61.0 cm³/mol.